The third-order valence-electron chi connectivity index (χ3n) is 3.70. The quantitative estimate of drug-likeness (QED) is 0.569. The molecule has 0 unspecified atom stereocenters. The molecule has 0 radical (unpaired) electrons. The number of hydrogen-bond acceptors (Lipinski definition) is 6. The first-order chi connectivity index (χ1) is 12.2. The summed E-state index contributed by atoms with van der Waals surface area (Å²) in [6.45, 7) is 0. The Labute approximate surface area is 152 Å². The molecule has 5 nitrogen and oxygen atoms in total. The van der Waals surface area contributed by atoms with Crippen LogP contribution in [0.15, 0.2) is 53.4 Å². The van der Waals surface area contributed by atoms with E-state index in [1.165, 1.54) is 22.7 Å². The zero-order valence-corrected chi connectivity index (χ0v) is 14.9. The van der Waals surface area contributed by atoms with Gasteiger partial charge in [0, 0.05) is 16.5 Å². The van der Waals surface area contributed by atoms with Gasteiger partial charge in [0.05, 0.1) is 28.5 Å². The number of carbonyl (C=O) groups is 1. The molecule has 0 saturated carbocycles. The first kappa shape index (κ1) is 15.7. The molecule has 0 spiro atoms. The van der Waals surface area contributed by atoms with Crippen LogP contribution in [0.3, 0.4) is 0 Å². The highest BCUT2D eigenvalue weighted by Crippen LogP contribution is 2.32. The predicted octanol–water partition coefficient (Wildman–Crippen LogP) is 4.68. The lowest BCUT2D eigenvalue weighted by molar-refractivity contribution is 0.102. The van der Waals surface area contributed by atoms with Crippen LogP contribution in [0, 0.1) is 0 Å². The first-order valence-corrected chi connectivity index (χ1v) is 9.24. The van der Waals surface area contributed by atoms with E-state index in [2.05, 4.69) is 15.3 Å². The van der Waals surface area contributed by atoms with Crippen molar-refractivity contribution in [3.63, 3.8) is 0 Å². The van der Waals surface area contributed by atoms with Gasteiger partial charge < -0.3 is 4.74 Å². The predicted molar refractivity (Wildman–Crippen MR) is 102 cm³/mol. The van der Waals surface area contributed by atoms with Crippen molar-refractivity contribution in [2.45, 2.75) is 0 Å². The topological polar surface area (TPSA) is 64.1 Å². The number of rotatable bonds is 4. The van der Waals surface area contributed by atoms with Crippen molar-refractivity contribution in [3.05, 3.63) is 58.9 Å². The molecule has 2 heterocycles. The van der Waals surface area contributed by atoms with Crippen LogP contribution in [0.2, 0.25) is 0 Å². The van der Waals surface area contributed by atoms with Crippen molar-refractivity contribution in [1.29, 1.82) is 0 Å². The number of amides is 1. The van der Waals surface area contributed by atoms with Gasteiger partial charge in [-0.2, -0.15) is 0 Å². The molecule has 0 saturated heterocycles. The molecule has 0 aliphatic carbocycles. The average molecular weight is 367 g/mol. The SMILES string of the molecule is COc1ccccc1-c1csc(NC(=O)c2ccc3ncsc3c2)n1. The molecule has 1 amide bonds. The molecule has 124 valence electrons. The van der Waals surface area contributed by atoms with Crippen molar-refractivity contribution in [2.24, 2.45) is 0 Å². The Balaban J connectivity index is 1.57. The van der Waals surface area contributed by atoms with Gasteiger partial charge in [0.2, 0.25) is 0 Å². The van der Waals surface area contributed by atoms with E-state index in [1.807, 2.05) is 41.8 Å². The molecule has 25 heavy (non-hydrogen) atoms. The highest BCUT2D eigenvalue weighted by atomic mass is 32.1. The molecule has 0 atom stereocenters. The number of nitrogens with zero attached hydrogens (tertiary/aromatic N) is 2. The van der Waals surface area contributed by atoms with Crippen molar-refractivity contribution in [2.75, 3.05) is 12.4 Å². The van der Waals surface area contributed by atoms with Crippen LogP contribution in [-0.2, 0) is 0 Å². The smallest absolute Gasteiger partial charge is 0.257 e. The maximum atomic E-state index is 12.5. The lowest BCUT2D eigenvalue weighted by Gasteiger charge is -2.05. The van der Waals surface area contributed by atoms with Gasteiger partial charge in [0.25, 0.3) is 5.91 Å². The minimum atomic E-state index is -0.184. The summed E-state index contributed by atoms with van der Waals surface area (Å²) in [7, 11) is 1.63. The number of para-hydroxylation sites is 1. The molecule has 1 N–H and O–H groups in total. The number of methoxy groups -OCH3 is 1. The van der Waals surface area contributed by atoms with Crippen molar-refractivity contribution < 1.29 is 9.53 Å². The number of hydrogen-bond donors (Lipinski definition) is 1. The summed E-state index contributed by atoms with van der Waals surface area (Å²) in [6, 6.07) is 13.1. The monoisotopic (exact) mass is 367 g/mol. The van der Waals surface area contributed by atoms with Crippen LogP contribution in [0.5, 0.6) is 5.75 Å². The second kappa shape index (κ2) is 6.62. The molecule has 4 rings (SSSR count). The Hall–Kier alpha value is -2.77. The van der Waals surface area contributed by atoms with Crippen LogP contribution in [0.4, 0.5) is 5.13 Å². The van der Waals surface area contributed by atoms with E-state index >= 15 is 0 Å². The van der Waals surface area contributed by atoms with Gasteiger partial charge in [-0.25, -0.2) is 9.97 Å². The van der Waals surface area contributed by atoms with Crippen LogP contribution < -0.4 is 10.1 Å². The second-order valence-corrected chi connectivity index (χ2v) is 6.97. The minimum absolute atomic E-state index is 0.184. The average Bonchev–Trinajstić information content (AvgIpc) is 3.30. The number of fused-ring (bicyclic) bond motifs is 1. The van der Waals surface area contributed by atoms with Gasteiger partial charge in [0.1, 0.15) is 5.75 Å². The largest absolute Gasteiger partial charge is 0.496 e. The van der Waals surface area contributed by atoms with Crippen molar-refractivity contribution >= 4 is 43.9 Å². The van der Waals surface area contributed by atoms with Crippen LogP contribution >= 0.6 is 22.7 Å². The van der Waals surface area contributed by atoms with Gasteiger partial charge in [0.15, 0.2) is 5.13 Å². The number of benzene rings is 2. The molecule has 2 aromatic heterocycles. The Bertz CT molecular complexity index is 1060. The van der Waals surface area contributed by atoms with Gasteiger partial charge in [-0.1, -0.05) is 12.1 Å². The summed E-state index contributed by atoms with van der Waals surface area (Å²) < 4.78 is 6.35. The zero-order valence-electron chi connectivity index (χ0n) is 13.2. The van der Waals surface area contributed by atoms with Gasteiger partial charge in [-0.3, -0.25) is 10.1 Å². The van der Waals surface area contributed by atoms with E-state index in [-0.39, 0.29) is 5.91 Å². The van der Waals surface area contributed by atoms with E-state index in [0.29, 0.717) is 10.7 Å². The number of aromatic nitrogens is 2. The minimum Gasteiger partial charge on any atom is -0.496 e. The van der Waals surface area contributed by atoms with Crippen LogP contribution in [-0.4, -0.2) is 23.0 Å². The van der Waals surface area contributed by atoms with Crippen LogP contribution in [0.25, 0.3) is 21.5 Å². The molecule has 0 aliphatic heterocycles. The fourth-order valence-electron chi connectivity index (χ4n) is 2.48. The third-order valence-corrected chi connectivity index (χ3v) is 5.25. The fourth-order valence-corrected chi connectivity index (χ4v) is 3.90. The van der Waals surface area contributed by atoms with E-state index in [9.17, 15) is 4.79 Å². The van der Waals surface area contributed by atoms with Crippen molar-refractivity contribution in [3.8, 4) is 17.0 Å². The maximum Gasteiger partial charge on any atom is 0.257 e. The number of carbonyl (C=O) groups excluding carboxylic acids is 1. The number of anilines is 1. The summed E-state index contributed by atoms with van der Waals surface area (Å²) in [4.78, 5) is 21.2. The molecular weight excluding hydrogens is 354 g/mol. The van der Waals surface area contributed by atoms with Crippen LogP contribution in [0.1, 0.15) is 10.4 Å². The molecule has 7 heteroatoms. The highest BCUT2D eigenvalue weighted by Gasteiger charge is 2.13. The summed E-state index contributed by atoms with van der Waals surface area (Å²) in [5, 5.41) is 5.31. The van der Waals surface area contributed by atoms with Gasteiger partial charge in [-0.15, -0.1) is 22.7 Å². The standard InChI is InChI=1S/C18H13N3O2S2/c1-23-15-5-3-2-4-12(15)14-9-24-18(20-14)21-17(22)11-6-7-13-16(8-11)25-10-19-13/h2-10H,1H3,(H,20,21,22). The summed E-state index contributed by atoms with van der Waals surface area (Å²) in [5.74, 6) is 0.567. The first-order valence-electron chi connectivity index (χ1n) is 7.48. The Morgan fingerprint density at radius 1 is 1.16 bits per heavy atom. The zero-order chi connectivity index (χ0) is 17.2. The lowest BCUT2D eigenvalue weighted by atomic mass is 10.1. The van der Waals surface area contributed by atoms with Gasteiger partial charge in [-0.05, 0) is 30.3 Å². The molecule has 0 aliphatic rings. The Morgan fingerprint density at radius 2 is 2.04 bits per heavy atom. The third kappa shape index (κ3) is 3.11. The molecular formula is C18H13N3O2S2. The fraction of sp³-hybridized carbons (Fsp3) is 0.0556. The maximum absolute atomic E-state index is 12.5. The summed E-state index contributed by atoms with van der Waals surface area (Å²) in [6.07, 6.45) is 0. The molecule has 4 aromatic rings. The van der Waals surface area contributed by atoms with E-state index in [0.717, 1.165) is 27.2 Å². The number of thiazole rings is 2. The normalized spacial score (nSPS) is 10.8. The van der Waals surface area contributed by atoms with E-state index < -0.39 is 0 Å². The second-order valence-electron chi connectivity index (χ2n) is 5.23. The van der Waals surface area contributed by atoms with E-state index in [4.69, 9.17) is 4.74 Å². The Morgan fingerprint density at radius 3 is 2.92 bits per heavy atom. The Kier molecular flexibility index (Phi) is 4.17. The number of ether oxygens (including phenoxy) is 1. The summed E-state index contributed by atoms with van der Waals surface area (Å²) in [5.41, 5.74) is 4.93. The van der Waals surface area contributed by atoms with Crippen molar-refractivity contribution in [1.82, 2.24) is 9.97 Å². The molecule has 0 bridgehead atoms. The molecule has 2 aromatic carbocycles. The summed E-state index contributed by atoms with van der Waals surface area (Å²) >= 11 is 2.90. The lowest BCUT2D eigenvalue weighted by Crippen LogP contribution is -2.11. The molecule has 0 fully saturated rings. The van der Waals surface area contributed by atoms with E-state index in [1.54, 1.807) is 18.7 Å². The number of nitrogens with one attached hydrogen (secondary N) is 1. The highest BCUT2D eigenvalue weighted by molar-refractivity contribution is 7.16. The van der Waals surface area contributed by atoms with Gasteiger partial charge >= 0.3 is 0 Å².